The van der Waals surface area contributed by atoms with Gasteiger partial charge in [-0.25, -0.2) is 4.98 Å². The van der Waals surface area contributed by atoms with Crippen LogP contribution in [0.4, 0.5) is 5.82 Å². The molecule has 0 amide bonds. The van der Waals surface area contributed by atoms with E-state index in [2.05, 4.69) is 36.7 Å². The van der Waals surface area contributed by atoms with Gasteiger partial charge >= 0.3 is 0 Å². The Morgan fingerprint density at radius 2 is 1.95 bits per heavy atom. The average Bonchev–Trinajstić information content (AvgIpc) is 2.47. The summed E-state index contributed by atoms with van der Waals surface area (Å²) in [5.41, 5.74) is 7.82. The van der Waals surface area contributed by atoms with Crippen molar-refractivity contribution in [3.63, 3.8) is 0 Å². The SMILES string of the molecule is CCC1(CC)CCN(c2ncccc2CC(C)N)CC1. The van der Waals surface area contributed by atoms with Crippen LogP contribution in [0.3, 0.4) is 0 Å². The molecule has 1 aromatic rings. The number of piperidine rings is 1. The summed E-state index contributed by atoms with van der Waals surface area (Å²) in [4.78, 5) is 7.08. The van der Waals surface area contributed by atoms with Crippen LogP contribution >= 0.6 is 0 Å². The molecule has 1 aromatic heterocycles. The highest BCUT2D eigenvalue weighted by Gasteiger charge is 2.32. The monoisotopic (exact) mass is 275 g/mol. The summed E-state index contributed by atoms with van der Waals surface area (Å²) in [7, 11) is 0. The molecule has 2 heterocycles. The minimum absolute atomic E-state index is 0.188. The number of anilines is 1. The fraction of sp³-hybridized carbons (Fsp3) is 0.706. The van der Waals surface area contributed by atoms with Crippen LogP contribution < -0.4 is 10.6 Å². The van der Waals surface area contributed by atoms with Gasteiger partial charge in [0, 0.05) is 25.3 Å². The van der Waals surface area contributed by atoms with E-state index in [9.17, 15) is 0 Å². The zero-order valence-corrected chi connectivity index (χ0v) is 13.2. The zero-order chi connectivity index (χ0) is 14.6. The van der Waals surface area contributed by atoms with Gasteiger partial charge in [0.2, 0.25) is 0 Å². The summed E-state index contributed by atoms with van der Waals surface area (Å²) in [5, 5.41) is 0. The van der Waals surface area contributed by atoms with Crippen LogP contribution in [-0.4, -0.2) is 24.1 Å². The quantitative estimate of drug-likeness (QED) is 0.895. The topological polar surface area (TPSA) is 42.2 Å². The van der Waals surface area contributed by atoms with Crippen molar-refractivity contribution in [2.75, 3.05) is 18.0 Å². The Morgan fingerprint density at radius 3 is 2.50 bits per heavy atom. The van der Waals surface area contributed by atoms with Crippen molar-refractivity contribution in [1.82, 2.24) is 4.98 Å². The minimum atomic E-state index is 0.188. The smallest absolute Gasteiger partial charge is 0.131 e. The molecular weight excluding hydrogens is 246 g/mol. The summed E-state index contributed by atoms with van der Waals surface area (Å²) < 4.78 is 0. The average molecular weight is 275 g/mol. The molecule has 0 radical (unpaired) electrons. The third kappa shape index (κ3) is 3.32. The second kappa shape index (κ2) is 6.57. The molecule has 2 rings (SSSR count). The Kier molecular flexibility index (Phi) is 5.03. The van der Waals surface area contributed by atoms with Crippen molar-refractivity contribution < 1.29 is 0 Å². The van der Waals surface area contributed by atoms with Crippen molar-refractivity contribution in [1.29, 1.82) is 0 Å². The molecule has 0 saturated carbocycles. The van der Waals surface area contributed by atoms with Crippen LogP contribution in [0.5, 0.6) is 0 Å². The van der Waals surface area contributed by atoms with Gasteiger partial charge in [0.25, 0.3) is 0 Å². The fourth-order valence-corrected chi connectivity index (χ4v) is 3.37. The number of hydrogen-bond donors (Lipinski definition) is 1. The molecule has 3 heteroatoms. The molecule has 3 nitrogen and oxygen atoms in total. The highest BCUT2D eigenvalue weighted by molar-refractivity contribution is 5.47. The van der Waals surface area contributed by atoms with Gasteiger partial charge in [-0.2, -0.15) is 0 Å². The predicted octanol–water partition coefficient (Wildman–Crippen LogP) is 3.38. The highest BCUT2D eigenvalue weighted by atomic mass is 15.2. The summed E-state index contributed by atoms with van der Waals surface area (Å²) in [6, 6.07) is 4.38. The third-order valence-corrected chi connectivity index (χ3v) is 5.03. The first-order chi connectivity index (χ1) is 9.60. The Hall–Kier alpha value is -1.09. The lowest BCUT2D eigenvalue weighted by Crippen LogP contribution is -2.40. The number of nitrogens with zero attached hydrogens (tertiary/aromatic N) is 2. The van der Waals surface area contributed by atoms with Crippen molar-refractivity contribution in [2.45, 2.75) is 58.9 Å². The van der Waals surface area contributed by atoms with E-state index in [1.165, 1.54) is 31.2 Å². The molecule has 0 bridgehead atoms. The first kappa shape index (κ1) is 15.3. The molecule has 112 valence electrons. The predicted molar refractivity (Wildman–Crippen MR) is 86.1 cm³/mol. The van der Waals surface area contributed by atoms with Gasteiger partial charge in [0.15, 0.2) is 0 Å². The molecule has 2 N–H and O–H groups in total. The van der Waals surface area contributed by atoms with E-state index in [4.69, 9.17) is 5.73 Å². The molecule has 20 heavy (non-hydrogen) atoms. The summed E-state index contributed by atoms with van der Waals surface area (Å²) in [5.74, 6) is 1.16. The Balaban J connectivity index is 2.10. The molecule has 1 saturated heterocycles. The van der Waals surface area contributed by atoms with Gasteiger partial charge in [0.1, 0.15) is 5.82 Å². The molecule has 0 aliphatic carbocycles. The lowest BCUT2D eigenvalue weighted by Gasteiger charge is -2.42. The van der Waals surface area contributed by atoms with E-state index in [1.807, 2.05) is 12.3 Å². The second-order valence-corrected chi connectivity index (χ2v) is 6.36. The van der Waals surface area contributed by atoms with E-state index in [0.29, 0.717) is 5.41 Å². The van der Waals surface area contributed by atoms with Crippen molar-refractivity contribution >= 4 is 5.82 Å². The summed E-state index contributed by atoms with van der Waals surface area (Å²) >= 11 is 0. The highest BCUT2D eigenvalue weighted by Crippen LogP contribution is 2.39. The number of pyridine rings is 1. The molecule has 1 fully saturated rings. The molecule has 1 unspecified atom stereocenters. The van der Waals surface area contributed by atoms with Gasteiger partial charge in [-0.1, -0.05) is 32.8 Å². The van der Waals surface area contributed by atoms with Crippen LogP contribution in [0, 0.1) is 5.41 Å². The minimum Gasteiger partial charge on any atom is -0.356 e. The van der Waals surface area contributed by atoms with Crippen molar-refractivity contribution in [3.8, 4) is 0 Å². The number of aromatic nitrogens is 1. The van der Waals surface area contributed by atoms with Crippen LogP contribution in [-0.2, 0) is 6.42 Å². The molecule has 1 atom stereocenters. The zero-order valence-electron chi connectivity index (χ0n) is 13.2. The lowest BCUT2D eigenvalue weighted by atomic mass is 9.74. The third-order valence-electron chi connectivity index (χ3n) is 5.03. The normalized spacial score (nSPS) is 19.9. The van der Waals surface area contributed by atoms with Crippen LogP contribution in [0.25, 0.3) is 0 Å². The van der Waals surface area contributed by atoms with E-state index in [1.54, 1.807) is 0 Å². The van der Waals surface area contributed by atoms with Gasteiger partial charge in [-0.05, 0) is 43.2 Å². The maximum atomic E-state index is 5.96. The first-order valence-corrected chi connectivity index (χ1v) is 8.04. The Bertz CT molecular complexity index is 414. The number of hydrogen-bond acceptors (Lipinski definition) is 3. The Morgan fingerprint density at radius 1 is 1.30 bits per heavy atom. The van der Waals surface area contributed by atoms with Crippen LogP contribution in [0.1, 0.15) is 52.0 Å². The van der Waals surface area contributed by atoms with Crippen molar-refractivity contribution in [2.24, 2.45) is 11.1 Å². The summed E-state index contributed by atoms with van der Waals surface area (Å²) in [6.07, 6.45) is 7.98. The standard InChI is InChI=1S/C17H29N3/c1-4-17(5-2)8-11-20(12-9-17)16-15(13-14(3)18)7-6-10-19-16/h6-7,10,14H,4-5,8-9,11-13,18H2,1-3H3. The lowest BCUT2D eigenvalue weighted by molar-refractivity contribution is 0.199. The van der Waals surface area contributed by atoms with Crippen LogP contribution in [0.15, 0.2) is 18.3 Å². The van der Waals surface area contributed by atoms with Gasteiger partial charge < -0.3 is 10.6 Å². The fourth-order valence-electron chi connectivity index (χ4n) is 3.37. The van der Waals surface area contributed by atoms with E-state index in [-0.39, 0.29) is 6.04 Å². The van der Waals surface area contributed by atoms with Gasteiger partial charge in [-0.15, -0.1) is 0 Å². The van der Waals surface area contributed by atoms with Crippen LogP contribution in [0.2, 0.25) is 0 Å². The van der Waals surface area contributed by atoms with Gasteiger partial charge in [-0.3, -0.25) is 0 Å². The molecule has 0 aromatic carbocycles. The van der Waals surface area contributed by atoms with E-state index >= 15 is 0 Å². The maximum absolute atomic E-state index is 5.96. The Labute approximate surface area is 123 Å². The molecular formula is C17H29N3. The molecule has 0 spiro atoms. The number of rotatable bonds is 5. The number of nitrogens with two attached hydrogens (primary N) is 1. The largest absolute Gasteiger partial charge is 0.356 e. The van der Waals surface area contributed by atoms with E-state index < -0.39 is 0 Å². The molecule has 1 aliphatic rings. The second-order valence-electron chi connectivity index (χ2n) is 6.36. The van der Waals surface area contributed by atoms with Crippen molar-refractivity contribution in [3.05, 3.63) is 23.9 Å². The summed E-state index contributed by atoms with van der Waals surface area (Å²) in [6.45, 7) is 8.99. The maximum Gasteiger partial charge on any atom is 0.131 e. The molecule has 1 aliphatic heterocycles. The first-order valence-electron chi connectivity index (χ1n) is 8.04. The van der Waals surface area contributed by atoms with E-state index in [0.717, 1.165) is 25.3 Å². The van der Waals surface area contributed by atoms with Gasteiger partial charge in [0.05, 0.1) is 0 Å².